The van der Waals surface area contributed by atoms with Crippen LogP contribution in [0.15, 0.2) is 85.2 Å². The van der Waals surface area contributed by atoms with Gasteiger partial charge in [-0.15, -0.1) is 5.10 Å². The van der Waals surface area contributed by atoms with Crippen molar-refractivity contribution < 1.29 is 4.74 Å². The summed E-state index contributed by atoms with van der Waals surface area (Å²) < 4.78 is 9.75. The topological polar surface area (TPSA) is 72.5 Å². The van der Waals surface area contributed by atoms with E-state index in [1.807, 2.05) is 63.9 Å². The molecule has 1 N–H and O–H groups in total. The summed E-state index contributed by atoms with van der Waals surface area (Å²) in [6.07, 6.45) is 6.54. The molecule has 37 heavy (non-hydrogen) atoms. The van der Waals surface area contributed by atoms with Gasteiger partial charge in [0.25, 0.3) is 0 Å². The third-order valence-electron chi connectivity index (χ3n) is 6.92. The fourth-order valence-electron chi connectivity index (χ4n) is 4.81. The van der Waals surface area contributed by atoms with E-state index in [9.17, 15) is 0 Å². The molecule has 0 saturated carbocycles. The zero-order chi connectivity index (χ0) is 25.0. The minimum atomic E-state index is 0.134. The molecule has 4 heterocycles. The lowest BCUT2D eigenvalue weighted by atomic mass is 10.1. The predicted molar refractivity (Wildman–Crippen MR) is 145 cm³/mol. The molecule has 0 bridgehead atoms. The number of nitrogens with zero attached hydrogens (tertiary/aromatic N) is 6. The molecule has 188 valence electrons. The number of rotatable bonds is 9. The smallest absolute Gasteiger partial charge is 0.247 e. The molecular formula is C29H31N7O. The van der Waals surface area contributed by atoms with Gasteiger partial charge in [0.05, 0.1) is 17.9 Å². The second-order valence-electron chi connectivity index (χ2n) is 9.46. The first-order valence-electron chi connectivity index (χ1n) is 12.9. The van der Waals surface area contributed by atoms with Crippen LogP contribution in [0.25, 0.3) is 16.9 Å². The van der Waals surface area contributed by atoms with Gasteiger partial charge in [0.2, 0.25) is 5.95 Å². The van der Waals surface area contributed by atoms with Crippen LogP contribution in [0, 0.1) is 0 Å². The fourth-order valence-corrected chi connectivity index (χ4v) is 4.81. The molecule has 8 nitrogen and oxygen atoms in total. The van der Waals surface area contributed by atoms with E-state index in [0.717, 1.165) is 34.9 Å². The van der Waals surface area contributed by atoms with Crippen LogP contribution >= 0.6 is 0 Å². The molecule has 6 rings (SSSR count). The Morgan fingerprint density at radius 1 is 0.946 bits per heavy atom. The Morgan fingerprint density at radius 2 is 1.76 bits per heavy atom. The Hall–Kier alpha value is -4.17. The van der Waals surface area contributed by atoms with Gasteiger partial charge in [-0.2, -0.15) is 10.1 Å². The van der Waals surface area contributed by atoms with Gasteiger partial charge in [0.1, 0.15) is 12.4 Å². The Kier molecular flexibility index (Phi) is 6.56. The lowest BCUT2D eigenvalue weighted by Crippen LogP contribution is -2.25. The molecule has 0 aliphatic carbocycles. The summed E-state index contributed by atoms with van der Waals surface area (Å²) in [6.45, 7) is 6.22. The first-order valence-corrected chi connectivity index (χ1v) is 12.9. The highest BCUT2D eigenvalue weighted by Gasteiger charge is 2.14. The van der Waals surface area contributed by atoms with Crippen molar-refractivity contribution in [3.05, 3.63) is 90.8 Å². The minimum absolute atomic E-state index is 0.134. The van der Waals surface area contributed by atoms with E-state index in [1.165, 1.54) is 31.5 Å². The van der Waals surface area contributed by atoms with Crippen molar-refractivity contribution in [2.45, 2.75) is 25.8 Å². The highest BCUT2D eigenvalue weighted by Crippen LogP contribution is 2.25. The molecule has 1 aliphatic heterocycles. The molecule has 2 aromatic carbocycles. The van der Waals surface area contributed by atoms with Crippen molar-refractivity contribution in [3.8, 4) is 17.0 Å². The molecule has 0 amide bonds. The summed E-state index contributed by atoms with van der Waals surface area (Å²) in [5, 5.41) is 12.7. The van der Waals surface area contributed by atoms with Crippen molar-refractivity contribution in [1.29, 1.82) is 0 Å². The largest absolute Gasteiger partial charge is 0.492 e. The average Bonchev–Trinajstić information content (AvgIpc) is 3.71. The van der Waals surface area contributed by atoms with Crippen molar-refractivity contribution in [2.24, 2.45) is 0 Å². The molecule has 1 atom stereocenters. The number of nitrogens with one attached hydrogen (secondary N) is 1. The van der Waals surface area contributed by atoms with Gasteiger partial charge < -0.3 is 10.1 Å². The number of benzene rings is 2. The maximum absolute atomic E-state index is 5.92. The van der Waals surface area contributed by atoms with Crippen LogP contribution in [0.2, 0.25) is 0 Å². The van der Waals surface area contributed by atoms with Gasteiger partial charge in [0.15, 0.2) is 5.65 Å². The van der Waals surface area contributed by atoms with Gasteiger partial charge in [-0.1, -0.05) is 36.4 Å². The number of anilines is 2. The highest BCUT2D eigenvalue weighted by molar-refractivity contribution is 5.64. The monoisotopic (exact) mass is 493 g/mol. The van der Waals surface area contributed by atoms with Crippen molar-refractivity contribution in [3.63, 3.8) is 0 Å². The maximum Gasteiger partial charge on any atom is 0.247 e. The first-order chi connectivity index (χ1) is 18.2. The third-order valence-corrected chi connectivity index (χ3v) is 6.92. The van der Waals surface area contributed by atoms with Gasteiger partial charge in [-0.25, -0.2) is 4.52 Å². The Bertz CT molecular complexity index is 1450. The van der Waals surface area contributed by atoms with Crippen LogP contribution < -0.4 is 10.1 Å². The van der Waals surface area contributed by atoms with E-state index in [0.29, 0.717) is 12.6 Å². The molecular weight excluding hydrogens is 462 g/mol. The SMILES string of the molecule is C[C@H](c1ccccc1)n1cc(-c2cccc3nc(Nc4ccc(OCCN5CCCC5)cc4)nn23)cn1. The lowest BCUT2D eigenvalue weighted by Gasteiger charge is -2.15. The standard InChI is InChI=1S/C29H31N7O/c1-22(23-8-3-2-4-9-23)35-21-24(20-30-35)27-10-7-11-28-32-29(33-36(27)28)31-25-12-14-26(15-13-25)37-19-18-34-16-5-6-17-34/h2-4,7-15,20-22H,5-6,16-19H2,1H3,(H,31,33)/t22-/m1/s1. The fraction of sp³-hybridized carbons (Fsp3) is 0.276. The average molecular weight is 494 g/mol. The Morgan fingerprint density at radius 3 is 2.57 bits per heavy atom. The van der Waals surface area contributed by atoms with Gasteiger partial charge in [0, 0.05) is 24.0 Å². The van der Waals surface area contributed by atoms with E-state index in [-0.39, 0.29) is 6.04 Å². The Labute approximate surface area is 216 Å². The zero-order valence-corrected chi connectivity index (χ0v) is 21.0. The number of pyridine rings is 1. The van der Waals surface area contributed by atoms with E-state index in [2.05, 4.69) is 57.7 Å². The molecule has 0 spiro atoms. The number of ether oxygens (including phenoxy) is 1. The molecule has 1 fully saturated rings. The summed E-state index contributed by atoms with van der Waals surface area (Å²) in [4.78, 5) is 7.13. The summed E-state index contributed by atoms with van der Waals surface area (Å²) in [5.41, 5.74) is 4.82. The number of hydrogen-bond donors (Lipinski definition) is 1. The minimum Gasteiger partial charge on any atom is -0.492 e. The quantitative estimate of drug-likeness (QED) is 0.296. The molecule has 5 aromatic rings. The van der Waals surface area contributed by atoms with Crippen LogP contribution in [0.1, 0.15) is 31.4 Å². The highest BCUT2D eigenvalue weighted by atomic mass is 16.5. The van der Waals surface area contributed by atoms with Crippen LogP contribution in [0.4, 0.5) is 11.6 Å². The first kappa shape index (κ1) is 23.2. The van der Waals surface area contributed by atoms with Crippen molar-refractivity contribution >= 4 is 17.3 Å². The van der Waals surface area contributed by atoms with Crippen molar-refractivity contribution in [1.82, 2.24) is 29.3 Å². The second-order valence-corrected chi connectivity index (χ2v) is 9.46. The molecule has 0 radical (unpaired) electrons. The lowest BCUT2D eigenvalue weighted by molar-refractivity contribution is 0.238. The summed E-state index contributed by atoms with van der Waals surface area (Å²) in [6, 6.07) is 24.4. The van der Waals surface area contributed by atoms with Crippen LogP contribution in [0.5, 0.6) is 5.75 Å². The molecule has 0 unspecified atom stereocenters. The zero-order valence-electron chi connectivity index (χ0n) is 21.0. The van der Waals surface area contributed by atoms with Crippen LogP contribution in [-0.2, 0) is 0 Å². The van der Waals surface area contributed by atoms with E-state index < -0.39 is 0 Å². The number of hydrogen-bond acceptors (Lipinski definition) is 6. The van der Waals surface area contributed by atoms with Gasteiger partial charge in [-0.3, -0.25) is 9.58 Å². The molecule has 3 aromatic heterocycles. The maximum atomic E-state index is 5.92. The number of aromatic nitrogens is 5. The molecule has 1 saturated heterocycles. The summed E-state index contributed by atoms with van der Waals surface area (Å²) >= 11 is 0. The normalized spacial score (nSPS) is 14.7. The number of likely N-dealkylation sites (tertiary alicyclic amines) is 1. The van der Waals surface area contributed by atoms with Gasteiger partial charge in [-0.05, 0) is 74.8 Å². The second kappa shape index (κ2) is 10.4. The van der Waals surface area contributed by atoms with E-state index >= 15 is 0 Å². The van der Waals surface area contributed by atoms with E-state index in [1.54, 1.807) is 0 Å². The summed E-state index contributed by atoms with van der Waals surface area (Å²) in [5.74, 6) is 1.41. The summed E-state index contributed by atoms with van der Waals surface area (Å²) in [7, 11) is 0. The predicted octanol–water partition coefficient (Wildman–Crippen LogP) is 5.42. The Balaban J connectivity index is 1.15. The molecule has 8 heteroatoms. The molecule has 1 aliphatic rings. The number of fused-ring (bicyclic) bond motifs is 1. The van der Waals surface area contributed by atoms with Gasteiger partial charge >= 0.3 is 0 Å². The van der Waals surface area contributed by atoms with Crippen LogP contribution in [0.3, 0.4) is 0 Å². The van der Waals surface area contributed by atoms with Crippen LogP contribution in [-0.4, -0.2) is 55.5 Å². The van der Waals surface area contributed by atoms with E-state index in [4.69, 9.17) is 9.84 Å². The van der Waals surface area contributed by atoms with Crippen molar-refractivity contribution in [2.75, 3.05) is 31.6 Å². The third kappa shape index (κ3) is 5.20.